The Morgan fingerprint density at radius 3 is 2.38 bits per heavy atom. The second-order valence-electron chi connectivity index (χ2n) is 6.05. The Hall–Kier alpha value is -1.32. The van der Waals surface area contributed by atoms with Crippen molar-refractivity contribution in [3.63, 3.8) is 0 Å². The number of hydrogen-bond donors (Lipinski definition) is 2. The summed E-state index contributed by atoms with van der Waals surface area (Å²) in [6.07, 6.45) is 2.71. The molecule has 0 amide bonds. The van der Waals surface area contributed by atoms with Gasteiger partial charge in [-0.1, -0.05) is 20.8 Å². The van der Waals surface area contributed by atoms with E-state index >= 15 is 0 Å². The standard InChI is InChI=1S/C12H22N4/c1-11(2,3)8-12(4,5)16-9-6-7-14-10(13)15-9/h6-7H,8H2,1-5H3,(H3,13,14,15,16). The van der Waals surface area contributed by atoms with Crippen LogP contribution >= 0.6 is 0 Å². The zero-order chi connectivity index (χ0) is 12.4. The van der Waals surface area contributed by atoms with Gasteiger partial charge < -0.3 is 11.1 Å². The first-order valence-corrected chi connectivity index (χ1v) is 5.55. The number of hydrogen-bond acceptors (Lipinski definition) is 4. The highest BCUT2D eigenvalue weighted by molar-refractivity contribution is 5.39. The predicted molar refractivity (Wildman–Crippen MR) is 68.2 cm³/mol. The highest BCUT2D eigenvalue weighted by atomic mass is 15.1. The van der Waals surface area contributed by atoms with Gasteiger partial charge in [0.05, 0.1) is 0 Å². The van der Waals surface area contributed by atoms with Crippen LogP contribution in [0.5, 0.6) is 0 Å². The van der Waals surface area contributed by atoms with Gasteiger partial charge in [0.25, 0.3) is 0 Å². The molecule has 0 fully saturated rings. The van der Waals surface area contributed by atoms with E-state index in [0.717, 1.165) is 12.2 Å². The molecule has 0 aliphatic carbocycles. The normalized spacial score (nSPS) is 12.6. The van der Waals surface area contributed by atoms with Crippen molar-refractivity contribution in [3.05, 3.63) is 12.3 Å². The van der Waals surface area contributed by atoms with E-state index in [2.05, 4.69) is 49.9 Å². The lowest BCUT2D eigenvalue weighted by atomic mass is 9.82. The molecule has 0 radical (unpaired) electrons. The maximum Gasteiger partial charge on any atom is 0.221 e. The summed E-state index contributed by atoms with van der Waals surface area (Å²) in [5, 5.41) is 3.38. The number of nitrogens with one attached hydrogen (secondary N) is 1. The van der Waals surface area contributed by atoms with Gasteiger partial charge in [-0.25, -0.2) is 4.98 Å². The van der Waals surface area contributed by atoms with Gasteiger partial charge in [0.1, 0.15) is 5.82 Å². The van der Waals surface area contributed by atoms with Gasteiger partial charge in [0.2, 0.25) is 5.95 Å². The quantitative estimate of drug-likeness (QED) is 0.825. The van der Waals surface area contributed by atoms with E-state index in [1.54, 1.807) is 6.20 Å². The van der Waals surface area contributed by atoms with Gasteiger partial charge in [0.15, 0.2) is 0 Å². The molecule has 0 saturated heterocycles. The summed E-state index contributed by atoms with van der Waals surface area (Å²) in [6.45, 7) is 11.0. The average Bonchev–Trinajstić information content (AvgIpc) is 1.96. The van der Waals surface area contributed by atoms with Crippen LogP contribution in [-0.2, 0) is 0 Å². The van der Waals surface area contributed by atoms with E-state index in [1.165, 1.54) is 0 Å². The number of aromatic nitrogens is 2. The van der Waals surface area contributed by atoms with Gasteiger partial charge in [-0.05, 0) is 31.7 Å². The lowest BCUT2D eigenvalue weighted by Gasteiger charge is -2.33. The first kappa shape index (κ1) is 12.7. The SMILES string of the molecule is CC(C)(C)CC(C)(C)Nc1ccnc(N)n1. The Morgan fingerprint density at radius 2 is 1.88 bits per heavy atom. The molecule has 0 unspecified atom stereocenters. The third-order valence-electron chi connectivity index (χ3n) is 2.11. The van der Waals surface area contributed by atoms with Crippen LogP contribution in [0.4, 0.5) is 11.8 Å². The molecule has 90 valence electrons. The van der Waals surface area contributed by atoms with Gasteiger partial charge in [0, 0.05) is 11.7 Å². The zero-order valence-electron chi connectivity index (χ0n) is 10.8. The highest BCUT2D eigenvalue weighted by Gasteiger charge is 2.25. The van der Waals surface area contributed by atoms with Crippen molar-refractivity contribution in [1.82, 2.24) is 9.97 Å². The summed E-state index contributed by atoms with van der Waals surface area (Å²) in [6, 6.07) is 1.83. The molecule has 0 aliphatic rings. The van der Waals surface area contributed by atoms with Crippen molar-refractivity contribution in [1.29, 1.82) is 0 Å². The lowest BCUT2D eigenvalue weighted by Crippen LogP contribution is -2.35. The summed E-state index contributed by atoms with van der Waals surface area (Å²) in [4.78, 5) is 8.02. The maximum atomic E-state index is 5.54. The third-order valence-corrected chi connectivity index (χ3v) is 2.11. The number of nitrogens with two attached hydrogens (primary N) is 1. The number of anilines is 2. The monoisotopic (exact) mass is 222 g/mol. The minimum absolute atomic E-state index is 0.0148. The molecule has 4 heteroatoms. The predicted octanol–water partition coefficient (Wildman–Crippen LogP) is 2.69. The first-order valence-electron chi connectivity index (χ1n) is 5.55. The van der Waals surface area contributed by atoms with Crippen molar-refractivity contribution in [2.24, 2.45) is 5.41 Å². The molecule has 0 saturated carbocycles. The average molecular weight is 222 g/mol. The number of nitrogens with zero attached hydrogens (tertiary/aromatic N) is 2. The second kappa shape index (κ2) is 4.28. The smallest absolute Gasteiger partial charge is 0.221 e. The Bertz CT molecular complexity index is 352. The van der Waals surface area contributed by atoms with Crippen LogP contribution in [0, 0.1) is 5.41 Å². The fourth-order valence-electron chi connectivity index (χ4n) is 2.16. The van der Waals surface area contributed by atoms with Gasteiger partial charge >= 0.3 is 0 Å². The van der Waals surface area contributed by atoms with E-state index < -0.39 is 0 Å². The summed E-state index contributed by atoms with van der Waals surface area (Å²) in [5.41, 5.74) is 5.80. The molecule has 3 N–H and O–H groups in total. The van der Waals surface area contributed by atoms with Crippen molar-refractivity contribution >= 4 is 11.8 Å². The minimum atomic E-state index is -0.0148. The largest absolute Gasteiger partial charge is 0.368 e. The third kappa shape index (κ3) is 4.47. The van der Waals surface area contributed by atoms with Crippen LogP contribution in [0.2, 0.25) is 0 Å². The summed E-state index contributed by atoms with van der Waals surface area (Å²) in [5.74, 6) is 1.08. The molecule has 0 bridgehead atoms. The molecular formula is C12H22N4. The molecule has 1 rings (SSSR count). The molecule has 16 heavy (non-hydrogen) atoms. The topological polar surface area (TPSA) is 63.8 Å². The van der Waals surface area contributed by atoms with Crippen LogP contribution in [0.1, 0.15) is 41.0 Å². The first-order chi connectivity index (χ1) is 7.18. The molecule has 1 heterocycles. The maximum absolute atomic E-state index is 5.54. The van der Waals surface area contributed by atoms with E-state index in [4.69, 9.17) is 5.73 Å². The summed E-state index contributed by atoms with van der Waals surface area (Å²) >= 11 is 0. The van der Waals surface area contributed by atoms with Crippen molar-refractivity contribution in [2.75, 3.05) is 11.1 Å². The van der Waals surface area contributed by atoms with E-state index in [-0.39, 0.29) is 11.0 Å². The lowest BCUT2D eigenvalue weighted by molar-refractivity contribution is 0.302. The van der Waals surface area contributed by atoms with Crippen LogP contribution in [0.25, 0.3) is 0 Å². The molecule has 0 aromatic carbocycles. The minimum Gasteiger partial charge on any atom is -0.368 e. The summed E-state index contributed by atoms with van der Waals surface area (Å²) < 4.78 is 0. The van der Waals surface area contributed by atoms with Gasteiger partial charge in [-0.15, -0.1) is 0 Å². The molecule has 0 aliphatic heterocycles. The number of nitrogen functional groups attached to an aromatic ring is 1. The molecule has 0 atom stereocenters. The van der Waals surface area contributed by atoms with E-state index in [0.29, 0.717) is 5.95 Å². The Morgan fingerprint density at radius 1 is 1.25 bits per heavy atom. The zero-order valence-corrected chi connectivity index (χ0v) is 10.8. The molecular weight excluding hydrogens is 200 g/mol. The highest BCUT2D eigenvalue weighted by Crippen LogP contribution is 2.29. The van der Waals surface area contributed by atoms with Crippen LogP contribution in [0.3, 0.4) is 0 Å². The van der Waals surface area contributed by atoms with Gasteiger partial charge in [-0.2, -0.15) is 4.98 Å². The van der Waals surface area contributed by atoms with Crippen molar-refractivity contribution in [3.8, 4) is 0 Å². The second-order valence-corrected chi connectivity index (χ2v) is 6.05. The van der Waals surface area contributed by atoms with E-state index in [1.807, 2.05) is 6.07 Å². The molecule has 4 nitrogen and oxygen atoms in total. The van der Waals surface area contributed by atoms with Crippen LogP contribution in [-0.4, -0.2) is 15.5 Å². The molecule has 1 aromatic heterocycles. The molecule has 1 aromatic rings. The van der Waals surface area contributed by atoms with Gasteiger partial charge in [-0.3, -0.25) is 0 Å². The Kier molecular flexibility index (Phi) is 3.41. The Labute approximate surface area is 97.7 Å². The van der Waals surface area contributed by atoms with Crippen molar-refractivity contribution < 1.29 is 0 Å². The number of rotatable bonds is 3. The van der Waals surface area contributed by atoms with Crippen molar-refractivity contribution in [2.45, 2.75) is 46.6 Å². The Balaban J connectivity index is 2.72. The molecule has 0 spiro atoms. The summed E-state index contributed by atoms with van der Waals surface area (Å²) in [7, 11) is 0. The van der Waals surface area contributed by atoms with Crippen LogP contribution in [0.15, 0.2) is 12.3 Å². The fraction of sp³-hybridized carbons (Fsp3) is 0.667. The van der Waals surface area contributed by atoms with E-state index in [9.17, 15) is 0 Å². The fourth-order valence-corrected chi connectivity index (χ4v) is 2.16. The van der Waals surface area contributed by atoms with Crippen LogP contribution < -0.4 is 11.1 Å².